The number of nitrogens with zero attached hydrogens (tertiary/aromatic N) is 4. The summed E-state index contributed by atoms with van der Waals surface area (Å²) in [6, 6.07) is 0. The van der Waals surface area contributed by atoms with Gasteiger partial charge in [-0.1, -0.05) is 11.3 Å². The molecule has 0 aliphatic rings. The second kappa shape index (κ2) is 2.71. The molecule has 0 aliphatic carbocycles. The van der Waals surface area contributed by atoms with Crippen molar-refractivity contribution in [3.05, 3.63) is 24.1 Å². The number of hydrogen-bond acceptors (Lipinski definition) is 5. The van der Waals surface area contributed by atoms with Crippen LogP contribution in [0.25, 0.3) is 10.7 Å². The van der Waals surface area contributed by atoms with Crippen LogP contribution in [0.2, 0.25) is 0 Å². The molecule has 0 radical (unpaired) electrons. The van der Waals surface area contributed by atoms with Crippen molar-refractivity contribution < 1.29 is 0 Å². The van der Waals surface area contributed by atoms with Crippen LogP contribution in [0.1, 0.15) is 0 Å². The minimum Gasteiger partial charge on any atom is -0.261 e. The topological polar surface area (TPSA) is 51.6 Å². The largest absolute Gasteiger partial charge is 0.261 e. The first-order valence-electron chi connectivity index (χ1n) is 2.99. The van der Waals surface area contributed by atoms with Gasteiger partial charge in [0.2, 0.25) is 0 Å². The predicted molar refractivity (Wildman–Crippen MR) is 40.9 cm³/mol. The molecule has 0 aromatic carbocycles. The van der Waals surface area contributed by atoms with Gasteiger partial charge in [-0.05, 0) is 0 Å². The van der Waals surface area contributed by atoms with Gasteiger partial charge in [0.15, 0.2) is 5.01 Å². The molecule has 5 heteroatoms. The molecule has 0 unspecified atom stereocenters. The molecule has 4 nitrogen and oxygen atoms in total. The Balaban J connectivity index is 2.46. The van der Waals surface area contributed by atoms with Crippen LogP contribution in [0.5, 0.6) is 0 Å². The number of aromatic nitrogens is 4. The third kappa shape index (κ3) is 1.22. The van der Waals surface area contributed by atoms with Crippen molar-refractivity contribution >= 4 is 11.3 Å². The first-order valence-corrected chi connectivity index (χ1v) is 3.87. The lowest BCUT2D eigenvalue weighted by Crippen LogP contribution is -1.82. The normalized spacial score (nSPS) is 9.82. The van der Waals surface area contributed by atoms with Gasteiger partial charge < -0.3 is 0 Å². The summed E-state index contributed by atoms with van der Waals surface area (Å²) in [5, 5.41) is 8.36. The summed E-state index contributed by atoms with van der Waals surface area (Å²) >= 11 is 1.45. The highest BCUT2D eigenvalue weighted by Crippen LogP contribution is 2.15. The van der Waals surface area contributed by atoms with E-state index in [9.17, 15) is 0 Å². The van der Waals surface area contributed by atoms with E-state index in [-0.39, 0.29) is 0 Å². The van der Waals surface area contributed by atoms with Gasteiger partial charge in [-0.2, -0.15) is 0 Å². The molecular weight excluding hydrogens is 160 g/mol. The summed E-state index contributed by atoms with van der Waals surface area (Å²) in [4.78, 5) is 7.98. The summed E-state index contributed by atoms with van der Waals surface area (Å²) in [6.45, 7) is 0. The van der Waals surface area contributed by atoms with Crippen molar-refractivity contribution in [2.24, 2.45) is 0 Å². The number of rotatable bonds is 1. The van der Waals surface area contributed by atoms with E-state index in [4.69, 9.17) is 0 Å². The summed E-state index contributed by atoms with van der Waals surface area (Å²) in [7, 11) is 0. The molecule has 0 aliphatic heterocycles. The van der Waals surface area contributed by atoms with Crippen molar-refractivity contribution in [2.45, 2.75) is 0 Å². The van der Waals surface area contributed by atoms with Crippen molar-refractivity contribution in [3.63, 3.8) is 0 Å². The fraction of sp³-hybridized carbons (Fsp3) is 0. The van der Waals surface area contributed by atoms with Crippen LogP contribution >= 0.6 is 11.3 Å². The van der Waals surface area contributed by atoms with E-state index in [0.717, 1.165) is 10.7 Å². The first-order chi connectivity index (χ1) is 5.47. The second-order valence-corrected chi connectivity index (χ2v) is 2.67. The minimum absolute atomic E-state index is 0.773. The second-order valence-electron chi connectivity index (χ2n) is 1.83. The lowest BCUT2D eigenvalue weighted by atomic mass is 10.5. The quantitative estimate of drug-likeness (QED) is 0.630. The third-order valence-electron chi connectivity index (χ3n) is 1.14. The monoisotopic (exact) mass is 164 g/mol. The van der Waals surface area contributed by atoms with Crippen LogP contribution in [-0.4, -0.2) is 20.2 Å². The zero-order valence-corrected chi connectivity index (χ0v) is 6.32. The van der Waals surface area contributed by atoms with E-state index in [1.54, 1.807) is 24.1 Å². The fourth-order valence-electron chi connectivity index (χ4n) is 0.694. The van der Waals surface area contributed by atoms with Crippen LogP contribution < -0.4 is 0 Å². The zero-order chi connectivity index (χ0) is 7.52. The van der Waals surface area contributed by atoms with Crippen molar-refractivity contribution in [2.75, 3.05) is 0 Å². The van der Waals surface area contributed by atoms with Crippen LogP contribution in [-0.2, 0) is 0 Å². The van der Waals surface area contributed by atoms with Gasteiger partial charge in [-0.25, -0.2) is 0 Å². The highest BCUT2D eigenvalue weighted by atomic mass is 32.1. The summed E-state index contributed by atoms with van der Waals surface area (Å²) < 4.78 is 0. The molecule has 0 N–H and O–H groups in total. The van der Waals surface area contributed by atoms with Gasteiger partial charge in [-0.3, -0.25) is 9.97 Å². The zero-order valence-electron chi connectivity index (χ0n) is 5.51. The molecule has 0 bridgehead atoms. The van der Waals surface area contributed by atoms with E-state index in [2.05, 4.69) is 20.2 Å². The van der Waals surface area contributed by atoms with Gasteiger partial charge in [0.1, 0.15) is 11.2 Å². The van der Waals surface area contributed by atoms with Crippen molar-refractivity contribution in [1.29, 1.82) is 0 Å². The molecule has 2 heterocycles. The van der Waals surface area contributed by atoms with Gasteiger partial charge in [-0.15, -0.1) is 10.2 Å². The maximum Gasteiger partial charge on any atom is 0.167 e. The Kier molecular flexibility index (Phi) is 1.57. The summed E-state index contributed by atoms with van der Waals surface area (Å²) in [5.74, 6) is 0. The van der Waals surface area contributed by atoms with E-state index in [1.165, 1.54) is 11.3 Å². The average Bonchev–Trinajstić information content (AvgIpc) is 2.58. The molecule has 0 atom stereocenters. The molecule has 0 saturated heterocycles. The van der Waals surface area contributed by atoms with Gasteiger partial charge in [0.05, 0.1) is 6.20 Å². The Bertz CT molecular complexity index is 318. The molecule has 0 amide bonds. The molecule has 0 saturated carbocycles. The Morgan fingerprint density at radius 2 is 2.27 bits per heavy atom. The molecule has 0 spiro atoms. The molecule has 11 heavy (non-hydrogen) atoms. The van der Waals surface area contributed by atoms with Gasteiger partial charge >= 0.3 is 0 Å². The van der Waals surface area contributed by atoms with Crippen molar-refractivity contribution in [3.8, 4) is 10.7 Å². The molecule has 2 rings (SSSR count). The first kappa shape index (κ1) is 6.36. The number of hydrogen-bond donors (Lipinski definition) is 0. The lowest BCUT2D eigenvalue weighted by Gasteiger charge is -1.88. The highest BCUT2D eigenvalue weighted by Gasteiger charge is 2.00. The standard InChI is InChI=1S/C6H4N4S/c1-2-8-5(3-7-1)6-10-9-4-11-6/h1-4H. The highest BCUT2D eigenvalue weighted by molar-refractivity contribution is 7.12. The summed E-state index contributed by atoms with van der Waals surface area (Å²) in [5.41, 5.74) is 2.44. The minimum atomic E-state index is 0.773. The van der Waals surface area contributed by atoms with E-state index < -0.39 is 0 Å². The molecular formula is C6H4N4S. The molecule has 0 fully saturated rings. The average molecular weight is 164 g/mol. The van der Waals surface area contributed by atoms with Crippen LogP contribution in [0.4, 0.5) is 0 Å². The Morgan fingerprint density at radius 1 is 1.27 bits per heavy atom. The smallest absolute Gasteiger partial charge is 0.167 e. The molecule has 54 valence electrons. The van der Waals surface area contributed by atoms with Gasteiger partial charge in [0, 0.05) is 12.4 Å². The van der Waals surface area contributed by atoms with Crippen molar-refractivity contribution in [1.82, 2.24) is 20.2 Å². The summed E-state index contributed by atoms with van der Waals surface area (Å²) in [6.07, 6.45) is 4.93. The van der Waals surface area contributed by atoms with Crippen LogP contribution in [0.15, 0.2) is 24.1 Å². The van der Waals surface area contributed by atoms with Crippen LogP contribution in [0.3, 0.4) is 0 Å². The van der Waals surface area contributed by atoms with E-state index in [0.29, 0.717) is 0 Å². The predicted octanol–water partition coefficient (Wildman–Crippen LogP) is 0.995. The van der Waals surface area contributed by atoms with E-state index in [1.807, 2.05) is 0 Å². The van der Waals surface area contributed by atoms with Gasteiger partial charge in [0.25, 0.3) is 0 Å². The third-order valence-corrected chi connectivity index (χ3v) is 1.86. The lowest BCUT2D eigenvalue weighted by molar-refractivity contribution is 1.08. The Hall–Kier alpha value is -1.36. The Morgan fingerprint density at radius 3 is 2.91 bits per heavy atom. The van der Waals surface area contributed by atoms with Crippen LogP contribution in [0, 0.1) is 0 Å². The molecule has 2 aromatic rings. The molecule has 2 aromatic heterocycles. The SMILES string of the molecule is c1cnc(-c2nncs2)cn1. The van der Waals surface area contributed by atoms with E-state index >= 15 is 0 Å². The fourth-order valence-corrected chi connectivity index (χ4v) is 1.21. The Labute approximate surface area is 67.0 Å². The maximum atomic E-state index is 4.07. The maximum absolute atomic E-state index is 4.07.